The molecule has 1 aliphatic rings. The zero-order valence-electron chi connectivity index (χ0n) is 17.8. The zero-order chi connectivity index (χ0) is 22.2. The van der Waals surface area contributed by atoms with Gasteiger partial charge in [0.15, 0.2) is 5.54 Å². The molecule has 1 fully saturated rings. The molecular weight excluding hydrogens is 398 g/mol. The number of aryl methyl sites for hydroxylation is 2. The van der Waals surface area contributed by atoms with E-state index in [-0.39, 0.29) is 12.5 Å². The third-order valence-electron chi connectivity index (χ3n) is 5.65. The van der Waals surface area contributed by atoms with Gasteiger partial charge in [0.1, 0.15) is 17.3 Å². The monoisotopic (exact) mass is 421 g/mol. The Morgan fingerprint density at radius 1 is 0.935 bits per heavy atom. The molecule has 3 amide bonds. The molecule has 31 heavy (non-hydrogen) atoms. The van der Waals surface area contributed by atoms with Gasteiger partial charge in [0, 0.05) is 5.56 Å². The molecule has 3 aromatic rings. The van der Waals surface area contributed by atoms with Crippen LogP contribution in [-0.2, 0) is 16.9 Å². The summed E-state index contributed by atoms with van der Waals surface area (Å²) in [6.45, 7) is 3.61. The van der Waals surface area contributed by atoms with Crippen molar-refractivity contribution in [1.82, 2.24) is 15.4 Å². The molecule has 4 rings (SSSR count). The van der Waals surface area contributed by atoms with E-state index in [4.69, 9.17) is 14.0 Å². The van der Waals surface area contributed by atoms with Crippen molar-refractivity contribution in [2.24, 2.45) is 0 Å². The largest absolute Gasteiger partial charge is 0.497 e. The van der Waals surface area contributed by atoms with E-state index in [0.717, 1.165) is 0 Å². The first-order valence-corrected chi connectivity index (χ1v) is 9.75. The normalized spacial score (nSPS) is 15.2. The number of nitrogens with zero attached hydrogens (tertiary/aromatic N) is 2. The van der Waals surface area contributed by atoms with Crippen LogP contribution in [0.4, 0.5) is 4.79 Å². The summed E-state index contributed by atoms with van der Waals surface area (Å²) in [6, 6.07) is 13.7. The molecule has 8 nitrogen and oxygen atoms in total. The first-order chi connectivity index (χ1) is 14.9. The van der Waals surface area contributed by atoms with E-state index in [1.165, 1.54) is 4.90 Å². The minimum absolute atomic E-state index is 0.0693. The van der Waals surface area contributed by atoms with E-state index < -0.39 is 11.6 Å². The van der Waals surface area contributed by atoms with Gasteiger partial charge in [0.25, 0.3) is 5.91 Å². The fourth-order valence-electron chi connectivity index (χ4n) is 3.85. The summed E-state index contributed by atoms with van der Waals surface area (Å²) in [5, 5.41) is 6.86. The lowest BCUT2D eigenvalue weighted by atomic mass is 9.82. The van der Waals surface area contributed by atoms with Crippen LogP contribution < -0.4 is 14.8 Å². The smallest absolute Gasteiger partial charge is 0.325 e. The number of amides is 3. The number of nitrogens with one attached hydrogen (secondary N) is 1. The third-order valence-corrected chi connectivity index (χ3v) is 5.65. The van der Waals surface area contributed by atoms with Crippen LogP contribution >= 0.6 is 0 Å². The van der Waals surface area contributed by atoms with Crippen molar-refractivity contribution in [3.05, 3.63) is 76.7 Å². The van der Waals surface area contributed by atoms with Gasteiger partial charge < -0.3 is 19.3 Å². The van der Waals surface area contributed by atoms with Gasteiger partial charge in [-0.1, -0.05) is 29.4 Å². The van der Waals surface area contributed by atoms with Crippen molar-refractivity contribution < 1.29 is 23.6 Å². The van der Waals surface area contributed by atoms with Crippen molar-refractivity contribution in [2.45, 2.75) is 25.9 Å². The minimum atomic E-state index is -1.38. The van der Waals surface area contributed by atoms with E-state index in [1.54, 1.807) is 76.6 Å². The summed E-state index contributed by atoms with van der Waals surface area (Å²) >= 11 is 0. The van der Waals surface area contributed by atoms with Gasteiger partial charge in [0.2, 0.25) is 0 Å². The lowest BCUT2D eigenvalue weighted by Crippen LogP contribution is -2.45. The Hall–Kier alpha value is -3.81. The van der Waals surface area contributed by atoms with E-state index in [9.17, 15) is 9.59 Å². The number of hydrogen-bond acceptors (Lipinski definition) is 6. The molecule has 8 heteroatoms. The van der Waals surface area contributed by atoms with Crippen molar-refractivity contribution in [1.29, 1.82) is 0 Å². The zero-order valence-corrected chi connectivity index (χ0v) is 17.8. The van der Waals surface area contributed by atoms with E-state index in [2.05, 4.69) is 10.5 Å². The van der Waals surface area contributed by atoms with Crippen molar-refractivity contribution in [2.75, 3.05) is 14.2 Å². The first-order valence-electron chi connectivity index (χ1n) is 9.75. The highest BCUT2D eigenvalue weighted by atomic mass is 16.5. The number of carbonyl (C=O) groups is 2. The van der Waals surface area contributed by atoms with Gasteiger partial charge in [-0.15, -0.1) is 0 Å². The number of urea groups is 1. The Morgan fingerprint density at radius 3 is 1.87 bits per heavy atom. The van der Waals surface area contributed by atoms with Crippen molar-refractivity contribution in [3.8, 4) is 11.5 Å². The van der Waals surface area contributed by atoms with Crippen LogP contribution in [0.3, 0.4) is 0 Å². The fourth-order valence-corrected chi connectivity index (χ4v) is 3.85. The van der Waals surface area contributed by atoms with Gasteiger partial charge in [-0.05, 0) is 49.2 Å². The summed E-state index contributed by atoms with van der Waals surface area (Å²) < 4.78 is 15.7. The highest BCUT2D eigenvalue weighted by molar-refractivity contribution is 6.09. The Balaban J connectivity index is 1.82. The van der Waals surface area contributed by atoms with Crippen molar-refractivity contribution in [3.63, 3.8) is 0 Å². The number of methoxy groups -OCH3 is 2. The number of hydrogen-bond donors (Lipinski definition) is 1. The summed E-state index contributed by atoms with van der Waals surface area (Å²) in [7, 11) is 3.14. The Bertz CT molecular complexity index is 1050. The lowest BCUT2D eigenvalue weighted by Gasteiger charge is -2.28. The summed E-state index contributed by atoms with van der Waals surface area (Å²) in [5.41, 5.74) is 1.22. The first kappa shape index (κ1) is 20.5. The summed E-state index contributed by atoms with van der Waals surface area (Å²) in [4.78, 5) is 28.1. The Morgan fingerprint density at radius 2 is 1.45 bits per heavy atom. The topological polar surface area (TPSA) is 93.9 Å². The second-order valence-corrected chi connectivity index (χ2v) is 7.33. The van der Waals surface area contributed by atoms with Crippen LogP contribution in [0.15, 0.2) is 53.1 Å². The van der Waals surface area contributed by atoms with E-state index in [0.29, 0.717) is 39.6 Å². The molecule has 0 saturated carbocycles. The molecule has 0 aliphatic carbocycles. The average Bonchev–Trinajstić information content (AvgIpc) is 3.25. The van der Waals surface area contributed by atoms with Crippen LogP contribution in [0.5, 0.6) is 11.5 Å². The number of carbonyl (C=O) groups excluding carboxylic acids is 2. The molecule has 0 unspecified atom stereocenters. The van der Waals surface area contributed by atoms with Crippen molar-refractivity contribution >= 4 is 11.9 Å². The van der Waals surface area contributed by atoms with Gasteiger partial charge in [-0.3, -0.25) is 9.69 Å². The third kappa shape index (κ3) is 3.30. The van der Waals surface area contributed by atoms with Crippen LogP contribution in [0, 0.1) is 13.8 Å². The van der Waals surface area contributed by atoms with Crippen LogP contribution in [0.2, 0.25) is 0 Å². The molecule has 160 valence electrons. The second-order valence-electron chi connectivity index (χ2n) is 7.33. The average molecular weight is 421 g/mol. The highest BCUT2D eigenvalue weighted by Crippen LogP contribution is 2.38. The van der Waals surface area contributed by atoms with Gasteiger partial charge in [-0.2, -0.15) is 0 Å². The minimum Gasteiger partial charge on any atom is -0.497 e. The van der Waals surface area contributed by atoms with E-state index in [1.807, 2.05) is 0 Å². The molecule has 1 aromatic heterocycles. The predicted octanol–water partition coefficient (Wildman–Crippen LogP) is 3.30. The van der Waals surface area contributed by atoms with Crippen LogP contribution in [0.1, 0.15) is 28.1 Å². The molecular formula is C23H23N3O5. The Kier molecular flexibility index (Phi) is 5.14. The highest BCUT2D eigenvalue weighted by Gasteiger charge is 2.54. The molecule has 0 radical (unpaired) electrons. The maximum Gasteiger partial charge on any atom is 0.325 e. The molecule has 1 N–H and O–H groups in total. The molecule has 0 bridgehead atoms. The summed E-state index contributed by atoms with van der Waals surface area (Å²) in [6.07, 6.45) is 0. The van der Waals surface area contributed by atoms with E-state index >= 15 is 0 Å². The number of imide groups is 1. The number of rotatable bonds is 6. The molecule has 2 aromatic carbocycles. The molecule has 0 atom stereocenters. The molecule has 1 aliphatic heterocycles. The molecule has 0 spiro atoms. The van der Waals surface area contributed by atoms with Gasteiger partial charge >= 0.3 is 6.03 Å². The standard InChI is InChI=1S/C23H23N3O5/c1-14-20(15(2)31-25-14)13-26-21(27)23(24-22(26)28,16-5-9-18(29-3)10-6-16)17-7-11-19(30-4)12-8-17/h5-12H,13H2,1-4H3,(H,24,28). The molecule has 2 heterocycles. The maximum atomic E-state index is 13.8. The van der Waals surface area contributed by atoms with Gasteiger partial charge in [-0.25, -0.2) is 4.79 Å². The Labute approximate surface area is 179 Å². The summed E-state index contributed by atoms with van der Waals surface area (Å²) in [5.74, 6) is 1.49. The van der Waals surface area contributed by atoms with Gasteiger partial charge in [0.05, 0.1) is 26.5 Å². The maximum absolute atomic E-state index is 13.8. The lowest BCUT2D eigenvalue weighted by molar-refractivity contribution is -0.130. The number of ether oxygens (including phenoxy) is 2. The molecule has 1 saturated heterocycles. The van der Waals surface area contributed by atoms with Crippen LogP contribution in [-0.4, -0.2) is 36.2 Å². The predicted molar refractivity (Wildman–Crippen MR) is 112 cm³/mol. The number of benzene rings is 2. The quantitative estimate of drug-likeness (QED) is 0.614. The number of aromatic nitrogens is 1. The SMILES string of the molecule is COc1ccc(C2(c3ccc(OC)cc3)NC(=O)N(Cc3c(C)noc3C)C2=O)cc1. The fraction of sp³-hybridized carbons (Fsp3) is 0.261. The van der Waals surface area contributed by atoms with Crippen LogP contribution in [0.25, 0.3) is 0 Å². The second kappa shape index (κ2) is 7.79.